The fourth-order valence-electron chi connectivity index (χ4n) is 4.45. The second-order valence-corrected chi connectivity index (χ2v) is 9.26. The van der Waals surface area contributed by atoms with Gasteiger partial charge in [0.15, 0.2) is 0 Å². The number of amides is 1. The Bertz CT molecular complexity index is 1170. The van der Waals surface area contributed by atoms with E-state index in [1.165, 1.54) is 0 Å². The molecule has 5 rings (SSSR count). The predicted octanol–water partition coefficient (Wildman–Crippen LogP) is 3.60. The molecule has 0 N–H and O–H groups in total. The van der Waals surface area contributed by atoms with Gasteiger partial charge in [-0.3, -0.25) is 4.79 Å². The van der Waals surface area contributed by atoms with Gasteiger partial charge in [-0.1, -0.05) is 35.3 Å². The molecule has 174 valence electrons. The van der Waals surface area contributed by atoms with Crippen molar-refractivity contribution in [2.75, 3.05) is 26.2 Å². The smallest absolute Gasteiger partial charge is 0.233 e. The number of hydrazone groups is 1. The monoisotopic (exact) mass is 496 g/mol. The van der Waals surface area contributed by atoms with E-state index < -0.39 is 0 Å². The SMILES string of the molecule is N#CN=C(N1CC(Oc2ccc(Cl)cc2)C1)N1CC(N2CCCC2=O)C(c2ccc(Cl)cc2)=N1. The number of ether oxygens (including phenoxy) is 1. The molecule has 2 aromatic rings. The lowest BCUT2D eigenvalue weighted by Crippen LogP contribution is -2.59. The van der Waals surface area contributed by atoms with Crippen LogP contribution in [0, 0.1) is 11.5 Å². The summed E-state index contributed by atoms with van der Waals surface area (Å²) in [5.74, 6) is 1.32. The van der Waals surface area contributed by atoms with E-state index in [4.69, 9.17) is 33.0 Å². The Morgan fingerprint density at radius 3 is 2.35 bits per heavy atom. The molecule has 3 aliphatic heterocycles. The van der Waals surface area contributed by atoms with E-state index >= 15 is 0 Å². The molecule has 2 saturated heterocycles. The third-order valence-corrected chi connectivity index (χ3v) is 6.65. The lowest BCUT2D eigenvalue weighted by atomic mass is 10.0. The highest BCUT2D eigenvalue weighted by Gasteiger charge is 2.41. The number of hydrogen-bond acceptors (Lipinski definition) is 5. The van der Waals surface area contributed by atoms with Gasteiger partial charge in [0.25, 0.3) is 0 Å². The van der Waals surface area contributed by atoms with Crippen LogP contribution in [0.2, 0.25) is 10.0 Å². The Morgan fingerprint density at radius 2 is 1.74 bits per heavy atom. The molecule has 1 amide bonds. The van der Waals surface area contributed by atoms with Crippen LogP contribution < -0.4 is 4.74 Å². The topological polar surface area (TPSA) is 84.5 Å². The molecular formula is C24H22Cl2N6O2. The maximum Gasteiger partial charge on any atom is 0.233 e. The summed E-state index contributed by atoms with van der Waals surface area (Å²) in [4.78, 5) is 20.5. The molecular weight excluding hydrogens is 475 g/mol. The average molecular weight is 497 g/mol. The Balaban J connectivity index is 1.34. The highest BCUT2D eigenvalue weighted by atomic mass is 35.5. The lowest BCUT2D eigenvalue weighted by Gasteiger charge is -2.42. The number of hydrogen-bond donors (Lipinski definition) is 0. The molecule has 0 aromatic heterocycles. The van der Waals surface area contributed by atoms with Crippen LogP contribution in [0.25, 0.3) is 0 Å². The van der Waals surface area contributed by atoms with E-state index in [2.05, 4.69) is 4.99 Å². The molecule has 3 aliphatic rings. The van der Waals surface area contributed by atoms with Crippen molar-refractivity contribution >= 4 is 40.8 Å². The van der Waals surface area contributed by atoms with Crippen LogP contribution in [0.3, 0.4) is 0 Å². The molecule has 0 saturated carbocycles. The molecule has 34 heavy (non-hydrogen) atoms. The molecule has 1 unspecified atom stereocenters. The number of carbonyl (C=O) groups is 1. The van der Waals surface area contributed by atoms with Crippen LogP contribution in [0.5, 0.6) is 5.75 Å². The first-order valence-electron chi connectivity index (χ1n) is 11.1. The quantitative estimate of drug-likeness (QED) is 0.366. The number of nitrogens with zero attached hydrogens (tertiary/aromatic N) is 6. The highest BCUT2D eigenvalue weighted by molar-refractivity contribution is 6.31. The lowest BCUT2D eigenvalue weighted by molar-refractivity contribution is -0.128. The van der Waals surface area contributed by atoms with Gasteiger partial charge in [0.1, 0.15) is 11.9 Å². The van der Waals surface area contributed by atoms with Crippen LogP contribution >= 0.6 is 23.2 Å². The van der Waals surface area contributed by atoms with Gasteiger partial charge >= 0.3 is 0 Å². The standard InChI is InChI=1S/C24H22Cl2N6O2/c25-17-5-3-16(4-6-17)23-21(31-11-1-2-22(31)33)14-32(29-23)24(28-15-27)30-12-20(13-30)34-19-9-7-18(26)8-10-19/h3-10,20-21H,1-2,11-14H2. The first-order valence-corrected chi connectivity index (χ1v) is 11.8. The van der Waals surface area contributed by atoms with Crippen molar-refractivity contribution in [2.24, 2.45) is 10.1 Å². The zero-order valence-corrected chi connectivity index (χ0v) is 19.8. The van der Waals surface area contributed by atoms with Crippen molar-refractivity contribution in [3.05, 3.63) is 64.1 Å². The molecule has 3 heterocycles. The average Bonchev–Trinajstić information content (AvgIpc) is 3.42. The maximum absolute atomic E-state index is 12.5. The number of aliphatic imine (C=N–C) groups is 1. The maximum atomic E-state index is 12.5. The first kappa shape index (κ1) is 22.5. The van der Waals surface area contributed by atoms with E-state index in [1.807, 2.05) is 52.4 Å². The molecule has 1 atom stereocenters. The third-order valence-electron chi connectivity index (χ3n) is 6.14. The van der Waals surface area contributed by atoms with Gasteiger partial charge in [0, 0.05) is 28.6 Å². The van der Waals surface area contributed by atoms with Gasteiger partial charge in [-0.15, -0.1) is 4.99 Å². The van der Waals surface area contributed by atoms with E-state index in [9.17, 15) is 10.1 Å². The van der Waals surface area contributed by atoms with Crippen LogP contribution in [-0.2, 0) is 4.79 Å². The van der Waals surface area contributed by atoms with E-state index in [0.29, 0.717) is 48.6 Å². The van der Waals surface area contributed by atoms with Crippen molar-refractivity contribution in [1.29, 1.82) is 5.26 Å². The Hall–Kier alpha value is -3.28. The Kier molecular flexibility index (Phi) is 6.31. The van der Waals surface area contributed by atoms with Crippen molar-refractivity contribution in [3.63, 3.8) is 0 Å². The summed E-state index contributed by atoms with van der Waals surface area (Å²) in [5.41, 5.74) is 1.66. The zero-order valence-electron chi connectivity index (χ0n) is 18.3. The van der Waals surface area contributed by atoms with Gasteiger partial charge in [0.2, 0.25) is 18.1 Å². The fourth-order valence-corrected chi connectivity index (χ4v) is 4.70. The van der Waals surface area contributed by atoms with Crippen molar-refractivity contribution in [3.8, 4) is 11.9 Å². The summed E-state index contributed by atoms with van der Waals surface area (Å²) in [6.07, 6.45) is 3.24. The van der Waals surface area contributed by atoms with Crippen LogP contribution in [0.4, 0.5) is 0 Å². The molecule has 0 radical (unpaired) electrons. The van der Waals surface area contributed by atoms with Gasteiger partial charge in [0.05, 0.1) is 31.4 Å². The second kappa shape index (κ2) is 9.53. The van der Waals surface area contributed by atoms with E-state index in [1.54, 1.807) is 17.1 Å². The molecule has 0 aliphatic carbocycles. The Morgan fingerprint density at radius 1 is 1.06 bits per heavy atom. The van der Waals surface area contributed by atoms with Gasteiger partial charge in [-0.25, -0.2) is 5.01 Å². The molecule has 10 heteroatoms. The summed E-state index contributed by atoms with van der Waals surface area (Å²) in [7, 11) is 0. The first-order chi connectivity index (χ1) is 16.5. The number of benzene rings is 2. The third kappa shape index (κ3) is 4.54. The minimum Gasteiger partial charge on any atom is -0.487 e. The van der Waals surface area contributed by atoms with Gasteiger partial charge in [-0.2, -0.15) is 10.4 Å². The van der Waals surface area contributed by atoms with Crippen LogP contribution in [-0.4, -0.2) is 70.7 Å². The minimum absolute atomic E-state index is 0.0386. The predicted molar refractivity (Wildman–Crippen MR) is 130 cm³/mol. The van der Waals surface area contributed by atoms with E-state index in [-0.39, 0.29) is 18.1 Å². The number of carbonyl (C=O) groups excluding carboxylic acids is 1. The summed E-state index contributed by atoms with van der Waals surface area (Å²) in [6.45, 7) is 2.26. The molecule has 0 bridgehead atoms. The summed E-state index contributed by atoms with van der Waals surface area (Å²) < 4.78 is 5.99. The summed E-state index contributed by atoms with van der Waals surface area (Å²) >= 11 is 12.0. The van der Waals surface area contributed by atoms with Crippen LogP contribution in [0.1, 0.15) is 18.4 Å². The summed E-state index contributed by atoms with van der Waals surface area (Å²) in [6, 6.07) is 14.4. The number of rotatable bonds is 4. The number of likely N-dealkylation sites (tertiary alicyclic amines) is 2. The minimum atomic E-state index is -0.220. The van der Waals surface area contributed by atoms with E-state index in [0.717, 1.165) is 23.4 Å². The van der Waals surface area contributed by atoms with Crippen molar-refractivity contribution < 1.29 is 9.53 Å². The summed E-state index contributed by atoms with van der Waals surface area (Å²) in [5, 5.41) is 17.2. The second-order valence-electron chi connectivity index (χ2n) is 8.39. The molecule has 0 spiro atoms. The Labute approximate surface area is 207 Å². The fraction of sp³-hybridized carbons (Fsp3) is 0.333. The number of nitriles is 1. The van der Waals surface area contributed by atoms with Gasteiger partial charge in [-0.05, 0) is 42.8 Å². The normalized spacial score (nSPS) is 20.9. The van der Waals surface area contributed by atoms with Crippen LogP contribution in [0.15, 0.2) is 58.6 Å². The zero-order chi connectivity index (χ0) is 23.7. The van der Waals surface area contributed by atoms with Crippen molar-refractivity contribution in [2.45, 2.75) is 25.0 Å². The largest absolute Gasteiger partial charge is 0.487 e. The molecule has 8 nitrogen and oxygen atoms in total. The number of halogens is 2. The van der Waals surface area contributed by atoms with Gasteiger partial charge < -0.3 is 14.5 Å². The number of guanidine groups is 1. The highest BCUT2D eigenvalue weighted by Crippen LogP contribution is 2.27. The molecule has 2 aromatic carbocycles. The molecule has 2 fully saturated rings. The van der Waals surface area contributed by atoms with Crippen molar-refractivity contribution in [1.82, 2.24) is 14.8 Å².